The van der Waals surface area contributed by atoms with Gasteiger partial charge in [-0.3, -0.25) is 9.59 Å². The van der Waals surface area contributed by atoms with Gasteiger partial charge in [0.15, 0.2) is 0 Å². The highest BCUT2D eigenvalue weighted by atomic mass is 16.4. The molecule has 1 amide bonds. The van der Waals surface area contributed by atoms with Crippen LogP contribution in [0.4, 0.5) is 0 Å². The van der Waals surface area contributed by atoms with E-state index in [-0.39, 0.29) is 24.8 Å². The Morgan fingerprint density at radius 3 is 1.70 bits per heavy atom. The summed E-state index contributed by atoms with van der Waals surface area (Å²) in [6.07, 6.45) is 13.6. The quantitative estimate of drug-likeness (QED) is 0.827. The summed E-state index contributed by atoms with van der Waals surface area (Å²) in [7, 11) is 0. The molecule has 0 atom stereocenters. The number of nitrogens with one attached hydrogen (secondary N) is 1. The Morgan fingerprint density at radius 1 is 0.800 bits per heavy atom. The SMILES string of the molecule is O=C(O)CCC(=O)NC1CCCCCCCCCCC1. The van der Waals surface area contributed by atoms with E-state index < -0.39 is 5.97 Å². The van der Waals surface area contributed by atoms with E-state index in [0.29, 0.717) is 0 Å². The van der Waals surface area contributed by atoms with Crippen LogP contribution in [0.15, 0.2) is 0 Å². The highest BCUT2D eigenvalue weighted by molar-refractivity contribution is 5.80. The number of carboxylic acid groups (broad SMARTS) is 1. The summed E-state index contributed by atoms with van der Waals surface area (Å²) in [5, 5.41) is 11.6. The molecule has 0 aliphatic heterocycles. The molecule has 4 nitrogen and oxygen atoms in total. The Morgan fingerprint density at radius 2 is 1.25 bits per heavy atom. The van der Waals surface area contributed by atoms with E-state index in [2.05, 4.69) is 5.32 Å². The van der Waals surface area contributed by atoms with Crippen LogP contribution in [0.5, 0.6) is 0 Å². The smallest absolute Gasteiger partial charge is 0.303 e. The second kappa shape index (κ2) is 10.7. The van der Waals surface area contributed by atoms with E-state index in [1.165, 1.54) is 57.8 Å². The lowest BCUT2D eigenvalue weighted by atomic mass is 9.98. The van der Waals surface area contributed by atoms with Gasteiger partial charge in [0.2, 0.25) is 5.91 Å². The fraction of sp³-hybridized carbons (Fsp3) is 0.875. The summed E-state index contributed by atoms with van der Waals surface area (Å²) in [5.41, 5.74) is 0. The molecule has 1 saturated carbocycles. The van der Waals surface area contributed by atoms with E-state index >= 15 is 0 Å². The van der Waals surface area contributed by atoms with Crippen molar-refractivity contribution in [2.75, 3.05) is 0 Å². The molecule has 1 aliphatic rings. The van der Waals surface area contributed by atoms with Gasteiger partial charge in [0.1, 0.15) is 0 Å². The van der Waals surface area contributed by atoms with Gasteiger partial charge < -0.3 is 10.4 Å². The molecule has 0 heterocycles. The lowest BCUT2D eigenvalue weighted by molar-refractivity contribution is -0.138. The zero-order valence-electron chi connectivity index (χ0n) is 12.5. The van der Waals surface area contributed by atoms with Gasteiger partial charge in [-0.15, -0.1) is 0 Å². The Balaban J connectivity index is 2.30. The molecule has 1 aliphatic carbocycles. The predicted molar refractivity (Wildman–Crippen MR) is 79.6 cm³/mol. The van der Waals surface area contributed by atoms with E-state index in [0.717, 1.165) is 12.8 Å². The summed E-state index contributed by atoms with van der Waals surface area (Å²) >= 11 is 0. The number of carbonyl (C=O) groups is 2. The number of aliphatic carboxylic acids is 1. The van der Waals surface area contributed by atoms with Gasteiger partial charge in [-0.1, -0.05) is 57.8 Å². The number of amides is 1. The third-order valence-corrected chi connectivity index (χ3v) is 4.04. The normalized spacial score (nSPS) is 19.6. The Kier molecular flexibility index (Phi) is 9.09. The molecule has 1 rings (SSSR count). The van der Waals surface area contributed by atoms with Crippen LogP contribution < -0.4 is 5.32 Å². The fourth-order valence-electron chi connectivity index (χ4n) is 2.83. The summed E-state index contributed by atoms with van der Waals surface area (Å²) in [6, 6.07) is 0.246. The standard InChI is InChI=1S/C16H29NO3/c18-15(12-13-16(19)20)17-14-10-8-6-4-2-1-3-5-7-9-11-14/h14H,1-13H2,(H,17,18)(H,19,20). The topological polar surface area (TPSA) is 66.4 Å². The fourth-order valence-corrected chi connectivity index (χ4v) is 2.83. The van der Waals surface area contributed by atoms with Gasteiger partial charge in [0.25, 0.3) is 0 Å². The van der Waals surface area contributed by atoms with Gasteiger partial charge >= 0.3 is 5.97 Å². The highest BCUT2D eigenvalue weighted by Gasteiger charge is 2.13. The first-order valence-electron chi connectivity index (χ1n) is 8.19. The van der Waals surface area contributed by atoms with Crippen molar-refractivity contribution in [3.8, 4) is 0 Å². The molecule has 0 saturated heterocycles. The van der Waals surface area contributed by atoms with Crippen molar-refractivity contribution in [2.45, 2.75) is 89.5 Å². The molecule has 0 bridgehead atoms. The summed E-state index contributed by atoms with van der Waals surface area (Å²) < 4.78 is 0. The van der Waals surface area contributed by atoms with Gasteiger partial charge in [-0.2, -0.15) is 0 Å². The second-order valence-corrected chi connectivity index (χ2v) is 5.92. The first-order valence-corrected chi connectivity index (χ1v) is 8.19. The third-order valence-electron chi connectivity index (χ3n) is 4.04. The molecule has 116 valence electrons. The molecule has 4 heteroatoms. The average molecular weight is 283 g/mol. The van der Waals surface area contributed by atoms with Crippen molar-refractivity contribution in [3.05, 3.63) is 0 Å². The molecule has 0 aromatic carbocycles. The van der Waals surface area contributed by atoms with Gasteiger partial charge in [0, 0.05) is 12.5 Å². The maximum atomic E-state index is 11.7. The Hall–Kier alpha value is -1.06. The lowest BCUT2D eigenvalue weighted by Gasteiger charge is -2.19. The van der Waals surface area contributed by atoms with Crippen LogP contribution in [0.25, 0.3) is 0 Å². The number of rotatable bonds is 4. The average Bonchev–Trinajstić information content (AvgIpc) is 2.39. The number of carbonyl (C=O) groups excluding carboxylic acids is 1. The van der Waals surface area contributed by atoms with Crippen molar-refractivity contribution in [1.29, 1.82) is 0 Å². The van der Waals surface area contributed by atoms with Crippen molar-refractivity contribution in [3.63, 3.8) is 0 Å². The van der Waals surface area contributed by atoms with Crippen LogP contribution in [0.3, 0.4) is 0 Å². The maximum Gasteiger partial charge on any atom is 0.303 e. The first kappa shape index (κ1) is 17.0. The monoisotopic (exact) mass is 283 g/mol. The van der Waals surface area contributed by atoms with Crippen molar-refractivity contribution < 1.29 is 14.7 Å². The molecule has 20 heavy (non-hydrogen) atoms. The van der Waals surface area contributed by atoms with Crippen LogP contribution in [0.1, 0.15) is 83.5 Å². The molecule has 0 radical (unpaired) electrons. The lowest BCUT2D eigenvalue weighted by Crippen LogP contribution is -2.35. The second-order valence-electron chi connectivity index (χ2n) is 5.92. The van der Waals surface area contributed by atoms with Crippen LogP contribution in [0, 0.1) is 0 Å². The van der Waals surface area contributed by atoms with Crippen LogP contribution in [-0.2, 0) is 9.59 Å². The van der Waals surface area contributed by atoms with Crippen LogP contribution in [0.2, 0.25) is 0 Å². The molecule has 0 spiro atoms. The van der Waals surface area contributed by atoms with E-state index in [1.807, 2.05) is 0 Å². The number of hydrogen-bond acceptors (Lipinski definition) is 2. The van der Waals surface area contributed by atoms with Crippen molar-refractivity contribution in [2.24, 2.45) is 0 Å². The van der Waals surface area contributed by atoms with Gasteiger partial charge in [0.05, 0.1) is 6.42 Å². The van der Waals surface area contributed by atoms with Crippen LogP contribution >= 0.6 is 0 Å². The summed E-state index contributed by atoms with van der Waals surface area (Å²) in [5.74, 6) is -1.01. The zero-order chi connectivity index (χ0) is 14.6. The third kappa shape index (κ3) is 8.94. The van der Waals surface area contributed by atoms with E-state index in [1.54, 1.807) is 0 Å². The van der Waals surface area contributed by atoms with Crippen molar-refractivity contribution in [1.82, 2.24) is 5.32 Å². The minimum absolute atomic E-state index is 0.0709. The molecule has 0 aromatic heterocycles. The summed E-state index contributed by atoms with van der Waals surface area (Å²) in [6.45, 7) is 0. The first-order chi connectivity index (χ1) is 9.68. The highest BCUT2D eigenvalue weighted by Crippen LogP contribution is 2.17. The minimum Gasteiger partial charge on any atom is -0.481 e. The Bertz CT molecular complexity index is 279. The number of carboxylic acids is 1. The maximum absolute atomic E-state index is 11.7. The molecule has 2 N–H and O–H groups in total. The van der Waals surface area contributed by atoms with Gasteiger partial charge in [-0.25, -0.2) is 0 Å². The Labute approximate surface area is 122 Å². The minimum atomic E-state index is -0.904. The molecular weight excluding hydrogens is 254 g/mol. The van der Waals surface area contributed by atoms with Gasteiger partial charge in [-0.05, 0) is 12.8 Å². The molecular formula is C16H29NO3. The summed E-state index contributed by atoms with van der Waals surface area (Å²) in [4.78, 5) is 22.2. The molecule has 1 fully saturated rings. The molecule has 0 aromatic rings. The zero-order valence-corrected chi connectivity index (χ0v) is 12.5. The van der Waals surface area contributed by atoms with Crippen LogP contribution in [-0.4, -0.2) is 23.0 Å². The largest absolute Gasteiger partial charge is 0.481 e. The van der Waals surface area contributed by atoms with E-state index in [4.69, 9.17) is 5.11 Å². The molecule has 0 unspecified atom stereocenters. The number of hydrogen-bond donors (Lipinski definition) is 2. The van der Waals surface area contributed by atoms with E-state index in [9.17, 15) is 9.59 Å². The predicted octanol–water partition coefficient (Wildman–Crippen LogP) is 3.64. The van der Waals surface area contributed by atoms with Crippen molar-refractivity contribution >= 4 is 11.9 Å².